The minimum Gasteiger partial charge on any atom is -0.379 e. The fraction of sp³-hybridized carbons (Fsp3) is 0.458. The number of morpholine rings is 1. The van der Waals surface area contributed by atoms with E-state index >= 15 is 0 Å². The second-order valence-electron chi connectivity index (χ2n) is 8.23. The first-order valence-corrected chi connectivity index (χ1v) is 12.1. The quantitative estimate of drug-likeness (QED) is 0.543. The molecule has 0 unspecified atom stereocenters. The van der Waals surface area contributed by atoms with Crippen molar-refractivity contribution in [2.75, 3.05) is 44.3 Å². The molecule has 0 bridgehead atoms. The van der Waals surface area contributed by atoms with Crippen molar-refractivity contribution >= 4 is 33.3 Å². The van der Waals surface area contributed by atoms with Crippen LogP contribution in [-0.4, -0.2) is 60.2 Å². The van der Waals surface area contributed by atoms with Crippen molar-refractivity contribution in [2.45, 2.75) is 33.9 Å². The molecule has 1 fully saturated rings. The SMILES string of the molecule is CCN(CC(=O)NCc1ccc(F)cc1)c1nc(CN2CCOCC2)nc2sc(C)c(C)c12. The van der Waals surface area contributed by atoms with Gasteiger partial charge < -0.3 is 15.0 Å². The summed E-state index contributed by atoms with van der Waals surface area (Å²) < 4.78 is 18.6. The fourth-order valence-corrected chi connectivity index (χ4v) is 4.94. The maximum absolute atomic E-state index is 13.1. The number of nitrogens with zero attached hydrogens (tertiary/aromatic N) is 4. The highest BCUT2D eigenvalue weighted by Crippen LogP contribution is 2.35. The zero-order valence-corrected chi connectivity index (χ0v) is 20.2. The molecule has 3 aromatic rings. The van der Waals surface area contributed by atoms with Gasteiger partial charge in [0.25, 0.3) is 0 Å². The fourth-order valence-electron chi connectivity index (χ4n) is 3.90. The molecule has 0 saturated carbocycles. The number of carbonyl (C=O) groups is 1. The number of amides is 1. The highest BCUT2D eigenvalue weighted by molar-refractivity contribution is 7.18. The number of anilines is 1. The summed E-state index contributed by atoms with van der Waals surface area (Å²) in [4.78, 5) is 29.0. The van der Waals surface area contributed by atoms with Gasteiger partial charge in [0, 0.05) is 31.1 Å². The predicted octanol–water partition coefficient (Wildman–Crippen LogP) is 3.42. The van der Waals surface area contributed by atoms with E-state index in [-0.39, 0.29) is 18.3 Å². The molecule has 0 atom stereocenters. The Morgan fingerprint density at radius 3 is 2.64 bits per heavy atom. The van der Waals surface area contributed by atoms with Gasteiger partial charge in [-0.3, -0.25) is 9.69 Å². The molecule has 1 saturated heterocycles. The Balaban J connectivity index is 1.55. The van der Waals surface area contributed by atoms with Crippen molar-refractivity contribution in [1.29, 1.82) is 0 Å². The number of benzene rings is 1. The second-order valence-corrected chi connectivity index (χ2v) is 9.44. The smallest absolute Gasteiger partial charge is 0.239 e. The zero-order valence-electron chi connectivity index (χ0n) is 19.4. The van der Waals surface area contributed by atoms with Gasteiger partial charge in [0.1, 0.15) is 22.3 Å². The van der Waals surface area contributed by atoms with E-state index in [1.54, 1.807) is 23.5 Å². The first-order chi connectivity index (χ1) is 15.9. The first kappa shape index (κ1) is 23.5. The number of nitrogens with one attached hydrogen (secondary N) is 1. The topological polar surface area (TPSA) is 70.6 Å². The Labute approximate surface area is 197 Å². The van der Waals surface area contributed by atoms with E-state index in [2.05, 4.69) is 24.1 Å². The van der Waals surface area contributed by atoms with Crippen LogP contribution < -0.4 is 10.2 Å². The highest BCUT2D eigenvalue weighted by atomic mass is 32.1. The monoisotopic (exact) mass is 471 g/mol. The molecular weight excluding hydrogens is 441 g/mol. The molecule has 9 heteroatoms. The lowest BCUT2D eigenvalue weighted by Crippen LogP contribution is -2.38. The molecule has 0 aliphatic carbocycles. The minimum absolute atomic E-state index is 0.104. The number of aryl methyl sites for hydroxylation is 2. The van der Waals surface area contributed by atoms with Gasteiger partial charge in [0.05, 0.1) is 31.7 Å². The molecule has 176 valence electrons. The third kappa shape index (κ3) is 5.66. The lowest BCUT2D eigenvalue weighted by atomic mass is 10.2. The summed E-state index contributed by atoms with van der Waals surface area (Å²) in [5.41, 5.74) is 2.02. The largest absolute Gasteiger partial charge is 0.379 e. The molecule has 1 aliphatic rings. The summed E-state index contributed by atoms with van der Waals surface area (Å²) in [7, 11) is 0. The number of rotatable bonds is 8. The molecule has 1 aliphatic heterocycles. The number of hydrogen-bond donors (Lipinski definition) is 1. The van der Waals surface area contributed by atoms with Gasteiger partial charge in [-0.15, -0.1) is 11.3 Å². The Morgan fingerprint density at radius 1 is 1.21 bits per heavy atom. The van der Waals surface area contributed by atoms with Gasteiger partial charge >= 0.3 is 0 Å². The second kappa shape index (κ2) is 10.5. The molecular formula is C24H30FN5O2S. The predicted molar refractivity (Wildman–Crippen MR) is 129 cm³/mol. The van der Waals surface area contributed by atoms with Crippen molar-refractivity contribution in [2.24, 2.45) is 0 Å². The summed E-state index contributed by atoms with van der Waals surface area (Å²) >= 11 is 1.67. The van der Waals surface area contributed by atoms with Crippen LogP contribution in [0.4, 0.5) is 10.2 Å². The van der Waals surface area contributed by atoms with Gasteiger partial charge in [0.2, 0.25) is 5.91 Å². The third-order valence-corrected chi connectivity index (χ3v) is 7.04. The van der Waals surface area contributed by atoms with Crippen LogP contribution in [0, 0.1) is 19.7 Å². The van der Waals surface area contributed by atoms with Crippen LogP contribution in [0.15, 0.2) is 24.3 Å². The Hall–Kier alpha value is -2.62. The minimum atomic E-state index is -0.288. The number of ether oxygens (including phenoxy) is 1. The van der Waals surface area contributed by atoms with Crippen molar-refractivity contribution in [1.82, 2.24) is 20.2 Å². The molecule has 7 nitrogen and oxygen atoms in total. The molecule has 0 spiro atoms. The Bertz CT molecular complexity index is 1110. The molecule has 3 heterocycles. The van der Waals surface area contributed by atoms with Crippen LogP contribution >= 0.6 is 11.3 Å². The first-order valence-electron chi connectivity index (χ1n) is 11.3. The third-order valence-electron chi connectivity index (χ3n) is 5.94. The van der Waals surface area contributed by atoms with Crippen LogP contribution in [0.2, 0.25) is 0 Å². The number of likely N-dealkylation sites (N-methyl/N-ethyl adjacent to an activating group) is 1. The maximum Gasteiger partial charge on any atom is 0.239 e. The number of fused-ring (bicyclic) bond motifs is 1. The summed E-state index contributed by atoms with van der Waals surface area (Å²) in [5, 5.41) is 3.96. The van der Waals surface area contributed by atoms with E-state index in [0.717, 1.165) is 59.3 Å². The van der Waals surface area contributed by atoms with E-state index in [1.165, 1.54) is 17.0 Å². The summed E-state index contributed by atoms with van der Waals surface area (Å²) in [6, 6.07) is 6.15. The molecule has 2 aromatic heterocycles. The average molecular weight is 472 g/mol. The van der Waals surface area contributed by atoms with Crippen molar-refractivity contribution in [3.05, 3.63) is 51.9 Å². The maximum atomic E-state index is 13.1. The molecule has 33 heavy (non-hydrogen) atoms. The van der Waals surface area contributed by atoms with E-state index in [0.29, 0.717) is 19.6 Å². The van der Waals surface area contributed by atoms with Gasteiger partial charge in [-0.05, 0) is 44.0 Å². The summed E-state index contributed by atoms with van der Waals surface area (Å²) in [6.45, 7) is 11.2. The summed E-state index contributed by atoms with van der Waals surface area (Å²) in [6.07, 6.45) is 0. The van der Waals surface area contributed by atoms with Crippen LogP contribution in [0.5, 0.6) is 0 Å². The molecule has 0 radical (unpaired) electrons. The number of aromatic nitrogens is 2. The van der Waals surface area contributed by atoms with Crippen molar-refractivity contribution in [3.8, 4) is 0 Å². The van der Waals surface area contributed by atoms with Gasteiger partial charge in [-0.25, -0.2) is 14.4 Å². The zero-order chi connectivity index (χ0) is 23.4. The summed E-state index contributed by atoms with van der Waals surface area (Å²) in [5.74, 6) is 1.19. The Morgan fingerprint density at radius 2 is 1.94 bits per heavy atom. The molecule has 4 rings (SSSR count). The van der Waals surface area contributed by atoms with Crippen molar-refractivity contribution < 1.29 is 13.9 Å². The van der Waals surface area contributed by atoms with Crippen LogP contribution in [0.3, 0.4) is 0 Å². The van der Waals surface area contributed by atoms with Crippen LogP contribution in [-0.2, 0) is 22.6 Å². The highest BCUT2D eigenvalue weighted by Gasteiger charge is 2.22. The van der Waals surface area contributed by atoms with E-state index in [4.69, 9.17) is 14.7 Å². The van der Waals surface area contributed by atoms with Crippen molar-refractivity contribution in [3.63, 3.8) is 0 Å². The average Bonchev–Trinajstić information content (AvgIpc) is 3.10. The molecule has 1 aromatic carbocycles. The van der Waals surface area contributed by atoms with Gasteiger partial charge in [0.15, 0.2) is 0 Å². The number of thiophene rings is 1. The normalized spacial score (nSPS) is 14.5. The lowest BCUT2D eigenvalue weighted by Gasteiger charge is -2.27. The molecule has 1 amide bonds. The Kier molecular flexibility index (Phi) is 7.52. The van der Waals surface area contributed by atoms with Gasteiger partial charge in [-0.1, -0.05) is 12.1 Å². The standard InChI is InChI=1S/C24H30FN5O2S/c1-4-30(15-21(31)26-13-18-5-7-19(25)8-6-18)23-22-16(2)17(3)33-24(22)28-20(27-23)14-29-9-11-32-12-10-29/h5-8H,4,9-15H2,1-3H3,(H,26,31). The van der Waals surface area contributed by atoms with Crippen LogP contribution in [0.25, 0.3) is 10.2 Å². The number of carbonyl (C=O) groups excluding carboxylic acids is 1. The number of halogens is 1. The van der Waals surface area contributed by atoms with Gasteiger partial charge in [-0.2, -0.15) is 0 Å². The van der Waals surface area contributed by atoms with E-state index < -0.39 is 0 Å². The van der Waals surface area contributed by atoms with Crippen LogP contribution in [0.1, 0.15) is 28.8 Å². The van der Waals surface area contributed by atoms with E-state index in [9.17, 15) is 9.18 Å². The number of hydrogen-bond acceptors (Lipinski definition) is 7. The molecule has 1 N–H and O–H groups in total. The lowest BCUT2D eigenvalue weighted by molar-refractivity contribution is -0.119. The van der Waals surface area contributed by atoms with E-state index in [1.807, 2.05) is 11.8 Å².